The molecule has 0 fully saturated rings. The van der Waals surface area contributed by atoms with Crippen LogP contribution in [0.2, 0.25) is 0 Å². The lowest BCUT2D eigenvalue weighted by Gasteiger charge is -2.06. The van der Waals surface area contributed by atoms with Crippen LogP contribution in [0.1, 0.15) is 5.56 Å². The van der Waals surface area contributed by atoms with Gasteiger partial charge in [-0.2, -0.15) is 0 Å². The van der Waals surface area contributed by atoms with E-state index in [1.54, 1.807) is 0 Å². The van der Waals surface area contributed by atoms with Crippen LogP contribution in [-0.4, -0.2) is 29.3 Å². The Kier molecular flexibility index (Phi) is 5.15. The molecule has 1 aromatic rings. The highest BCUT2D eigenvalue weighted by Crippen LogP contribution is 2.18. The van der Waals surface area contributed by atoms with Crippen molar-refractivity contribution in [3.8, 4) is 0 Å². The number of hydrogen-bond donors (Lipinski definition) is 1. The molecule has 0 saturated heterocycles. The molecule has 1 aromatic carbocycles. The fraction of sp³-hybridized carbons (Fsp3) is 0.333. The largest absolute Gasteiger partial charge is 0.326 e. The normalized spacial score (nSPS) is 11.9. The third-order valence-corrected chi connectivity index (χ3v) is 4.22. The zero-order valence-electron chi connectivity index (χ0n) is 9.37. The standard InChI is InChI=1S/C9H13NO4S2.ClH/c1-15(11,12)8-3-7(6-10)4-9(5-8)16(2,13)14;/h3-5H,6,10H2,1-2H3;1H. The zero-order valence-corrected chi connectivity index (χ0v) is 11.8. The molecule has 0 spiro atoms. The minimum absolute atomic E-state index is 0. The van der Waals surface area contributed by atoms with Crippen molar-refractivity contribution < 1.29 is 16.8 Å². The first kappa shape index (κ1) is 16.4. The maximum absolute atomic E-state index is 11.3. The van der Waals surface area contributed by atoms with Gasteiger partial charge in [-0.15, -0.1) is 12.4 Å². The molecule has 17 heavy (non-hydrogen) atoms. The van der Waals surface area contributed by atoms with Gasteiger partial charge in [-0.05, 0) is 23.8 Å². The summed E-state index contributed by atoms with van der Waals surface area (Å²) in [6, 6.07) is 3.90. The number of nitrogens with two attached hydrogens (primary N) is 1. The lowest BCUT2D eigenvalue weighted by atomic mass is 10.2. The number of sulfone groups is 2. The van der Waals surface area contributed by atoms with Gasteiger partial charge < -0.3 is 5.73 Å². The van der Waals surface area contributed by atoms with Gasteiger partial charge in [0.25, 0.3) is 0 Å². The molecular weight excluding hydrogens is 286 g/mol. The van der Waals surface area contributed by atoms with Gasteiger partial charge in [-0.3, -0.25) is 0 Å². The lowest BCUT2D eigenvalue weighted by Crippen LogP contribution is -2.06. The first-order chi connectivity index (χ1) is 7.14. The van der Waals surface area contributed by atoms with Gasteiger partial charge >= 0.3 is 0 Å². The van der Waals surface area contributed by atoms with Crippen molar-refractivity contribution in [3.63, 3.8) is 0 Å². The van der Waals surface area contributed by atoms with Crippen LogP contribution in [0.5, 0.6) is 0 Å². The first-order valence-electron chi connectivity index (χ1n) is 4.39. The molecule has 5 nitrogen and oxygen atoms in total. The fourth-order valence-corrected chi connectivity index (χ4v) is 2.66. The van der Waals surface area contributed by atoms with E-state index >= 15 is 0 Å². The van der Waals surface area contributed by atoms with Crippen LogP contribution in [0.4, 0.5) is 0 Å². The predicted molar refractivity (Wildman–Crippen MR) is 67.8 cm³/mol. The van der Waals surface area contributed by atoms with Gasteiger partial charge in [-0.1, -0.05) is 0 Å². The third kappa shape index (κ3) is 4.27. The Morgan fingerprint density at radius 1 is 0.941 bits per heavy atom. The van der Waals surface area contributed by atoms with E-state index in [0.29, 0.717) is 5.56 Å². The average molecular weight is 300 g/mol. The van der Waals surface area contributed by atoms with E-state index < -0.39 is 19.7 Å². The molecule has 98 valence electrons. The van der Waals surface area contributed by atoms with Crippen molar-refractivity contribution in [3.05, 3.63) is 23.8 Å². The molecule has 0 aliphatic rings. The minimum Gasteiger partial charge on any atom is -0.326 e. The minimum atomic E-state index is -3.44. The van der Waals surface area contributed by atoms with Crippen LogP contribution in [-0.2, 0) is 26.2 Å². The summed E-state index contributed by atoms with van der Waals surface area (Å²) in [5.41, 5.74) is 5.86. The molecule has 0 atom stereocenters. The zero-order chi connectivity index (χ0) is 12.6. The Morgan fingerprint density at radius 2 is 1.29 bits per heavy atom. The molecule has 0 aromatic heterocycles. The van der Waals surface area contributed by atoms with Crippen LogP contribution in [0, 0.1) is 0 Å². The Hall–Kier alpha value is -0.630. The molecule has 0 aliphatic heterocycles. The van der Waals surface area contributed by atoms with Gasteiger partial charge in [0.2, 0.25) is 0 Å². The van der Waals surface area contributed by atoms with Crippen LogP contribution >= 0.6 is 12.4 Å². The average Bonchev–Trinajstić information content (AvgIpc) is 2.14. The van der Waals surface area contributed by atoms with E-state index in [1.807, 2.05) is 0 Å². The van der Waals surface area contributed by atoms with Crippen molar-refractivity contribution in [1.82, 2.24) is 0 Å². The van der Waals surface area contributed by atoms with Gasteiger partial charge in [0.15, 0.2) is 19.7 Å². The van der Waals surface area contributed by atoms with E-state index in [1.165, 1.54) is 12.1 Å². The van der Waals surface area contributed by atoms with Crippen LogP contribution < -0.4 is 5.73 Å². The summed E-state index contributed by atoms with van der Waals surface area (Å²) in [5, 5.41) is 0. The number of halogens is 1. The molecule has 0 bridgehead atoms. The highest BCUT2D eigenvalue weighted by atomic mass is 35.5. The second kappa shape index (κ2) is 5.34. The smallest absolute Gasteiger partial charge is 0.175 e. The predicted octanol–water partition coefficient (Wildman–Crippen LogP) is 0.374. The molecule has 0 radical (unpaired) electrons. The van der Waals surface area contributed by atoms with Gasteiger partial charge in [-0.25, -0.2) is 16.8 Å². The van der Waals surface area contributed by atoms with Crippen LogP contribution in [0.25, 0.3) is 0 Å². The molecule has 1 rings (SSSR count). The first-order valence-corrected chi connectivity index (χ1v) is 8.17. The molecule has 0 aliphatic carbocycles. The third-order valence-electron chi connectivity index (χ3n) is 2.03. The van der Waals surface area contributed by atoms with Gasteiger partial charge in [0.05, 0.1) is 9.79 Å². The molecule has 8 heteroatoms. The van der Waals surface area contributed by atoms with Crippen molar-refractivity contribution in [1.29, 1.82) is 0 Å². The summed E-state index contributed by atoms with van der Waals surface area (Å²) in [6.07, 6.45) is 2.05. The summed E-state index contributed by atoms with van der Waals surface area (Å²) in [6.45, 7) is 0.0892. The maximum atomic E-state index is 11.3. The Balaban J connectivity index is 0.00000256. The van der Waals surface area contributed by atoms with Crippen molar-refractivity contribution >= 4 is 32.1 Å². The molecule has 2 N–H and O–H groups in total. The summed E-state index contributed by atoms with van der Waals surface area (Å²) in [7, 11) is -6.88. The van der Waals surface area contributed by atoms with Crippen LogP contribution in [0.15, 0.2) is 28.0 Å². The molecular formula is C9H14ClNO4S2. The summed E-state index contributed by atoms with van der Waals surface area (Å²) in [4.78, 5) is -0.0632. The van der Waals surface area contributed by atoms with E-state index in [9.17, 15) is 16.8 Å². The van der Waals surface area contributed by atoms with Crippen molar-refractivity contribution in [2.75, 3.05) is 12.5 Å². The highest BCUT2D eigenvalue weighted by molar-refractivity contribution is 7.91. The van der Waals surface area contributed by atoms with E-state index in [-0.39, 0.29) is 28.7 Å². The van der Waals surface area contributed by atoms with Gasteiger partial charge in [0.1, 0.15) is 0 Å². The Morgan fingerprint density at radius 3 is 1.53 bits per heavy atom. The molecule has 0 heterocycles. The second-order valence-electron chi connectivity index (χ2n) is 3.56. The molecule has 0 saturated carbocycles. The summed E-state index contributed by atoms with van der Waals surface area (Å²) >= 11 is 0. The molecule has 0 unspecified atom stereocenters. The van der Waals surface area contributed by atoms with E-state index in [4.69, 9.17) is 5.73 Å². The van der Waals surface area contributed by atoms with Crippen LogP contribution in [0.3, 0.4) is 0 Å². The molecule has 0 amide bonds. The SMILES string of the molecule is CS(=O)(=O)c1cc(CN)cc(S(C)(=O)=O)c1.Cl. The van der Waals surface area contributed by atoms with Crippen molar-refractivity contribution in [2.45, 2.75) is 16.3 Å². The number of benzene rings is 1. The van der Waals surface area contributed by atoms with E-state index in [0.717, 1.165) is 18.6 Å². The fourth-order valence-electron chi connectivity index (χ4n) is 1.18. The Bertz CT molecular complexity index is 558. The van der Waals surface area contributed by atoms with E-state index in [2.05, 4.69) is 0 Å². The number of hydrogen-bond acceptors (Lipinski definition) is 5. The summed E-state index contributed by atoms with van der Waals surface area (Å²) < 4.78 is 45.4. The topological polar surface area (TPSA) is 94.3 Å². The monoisotopic (exact) mass is 299 g/mol. The second-order valence-corrected chi connectivity index (χ2v) is 7.59. The summed E-state index contributed by atoms with van der Waals surface area (Å²) in [5.74, 6) is 0. The quantitative estimate of drug-likeness (QED) is 0.870. The lowest BCUT2D eigenvalue weighted by molar-refractivity contribution is 0.599. The Labute approximate surface area is 107 Å². The highest BCUT2D eigenvalue weighted by Gasteiger charge is 2.14. The maximum Gasteiger partial charge on any atom is 0.175 e. The van der Waals surface area contributed by atoms with Crippen molar-refractivity contribution in [2.24, 2.45) is 5.73 Å². The number of rotatable bonds is 3. The van der Waals surface area contributed by atoms with Gasteiger partial charge in [0, 0.05) is 19.1 Å².